The average Bonchev–Trinajstić information content (AvgIpc) is 2.37. The molecule has 19 heavy (non-hydrogen) atoms. The van der Waals surface area contributed by atoms with Crippen LogP contribution in [0.2, 0.25) is 5.02 Å². The minimum absolute atomic E-state index is 0.494. The predicted octanol–water partition coefficient (Wildman–Crippen LogP) is 3.71. The van der Waals surface area contributed by atoms with E-state index in [-0.39, 0.29) is 0 Å². The highest BCUT2D eigenvalue weighted by atomic mass is 79.9. The summed E-state index contributed by atoms with van der Waals surface area (Å²) in [6.07, 6.45) is 0. The lowest BCUT2D eigenvalue weighted by molar-refractivity contribution is 0.315. The molecule has 0 spiro atoms. The van der Waals surface area contributed by atoms with Crippen molar-refractivity contribution in [1.29, 1.82) is 0 Å². The number of aromatic nitrogens is 1. The minimum atomic E-state index is 0.494. The summed E-state index contributed by atoms with van der Waals surface area (Å²) in [5.41, 5.74) is 7.71. The van der Waals surface area contributed by atoms with Gasteiger partial charge in [-0.25, -0.2) is 4.98 Å². The highest BCUT2D eigenvalue weighted by Gasteiger charge is 2.08. The van der Waals surface area contributed by atoms with Gasteiger partial charge in [0, 0.05) is 17.6 Å². The molecule has 0 saturated heterocycles. The molecular weight excluding hydrogens is 326 g/mol. The zero-order chi connectivity index (χ0) is 13.8. The fourth-order valence-electron chi connectivity index (χ4n) is 1.84. The molecule has 0 amide bonds. The first kappa shape index (κ1) is 14.3. The SMILES string of the molecule is CN(Cc1ccccc1Br)Cc1nc(N)ccc1Cl. The summed E-state index contributed by atoms with van der Waals surface area (Å²) in [5.74, 6) is 0.494. The Morgan fingerprint density at radius 1 is 1.21 bits per heavy atom. The summed E-state index contributed by atoms with van der Waals surface area (Å²) in [4.78, 5) is 6.42. The van der Waals surface area contributed by atoms with Gasteiger partial charge in [0.2, 0.25) is 0 Å². The number of nitrogens with zero attached hydrogens (tertiary/aromatic N) is 2. The number of halogens is 2. The summed E-state index contributed by atoms with van der Waals surface area (Å²) in [6.45, 7) is 1.47. The first-order valence-electron chi connectivity index (χ1n) is 5.89. The molecule has 1 aromatic heterocycles. The molecule has 0 aliphatic rings. The van der Waals surface area contributed by atoms with Gasteiger partial charge in [-0.2, -0.15) is 0 Å². The van der Waals surface area contributed by atoms with Crippen LogP contribution in [0.5, 0.6) is 0 Å². The number of hydrogen-bond acceptors (Lipinski definition) is 3. The summed E-state index contributed by atoms with van der Waals surface area (Å²) in [7, 11) is 2.03. The number of benzene rings is 1. The molecular formula is C14H15BrClN3. The van der Waals surface area contributed by atoms with Crippen LogP contribution in [-0.2, 0) is 13.1 Å². The Bertz CT molecular complexity index is 574. The maximum atomic E-state index is 6.12. The molecule has 2 rings (SSSR count). The van der Waals surface area contributed by atoms with Crippen molar-refractivity contribution in [2.24, 2.45) is 0 Å². The number of nitrogen functional groups attached to an aromatic ring is 1. The van der Waals surface area contributed by atoms with Crippen LogP contribution in [0.1, 0.15) is 11.3 Å². The maximum absolute atomic E-state index is 6.12. The van der Waals surface area contributed by atoms with Crippen LogP contribution in [0, 0.1) is 0 Å². The van der Waals surface area contributed by atoms with Crippen LogP contribution < -0.4 is 5.73 Å². The standard InChI is InChI=1S/C14H15BrClN3/c1-19(8-10-4-2-3-5-11(10)15)9-13-12(16)6-7-14(17)18-13/h2-7H,8-9H2,1H3,(H2,17,18). The number of anilines is 1. The first-order valence-corrected chi connectivity index (χ1v) is 7.06. The van der Waals surface area contributed by atoms with E-state index >= 15 is 0 Å². The van der Waals surface area contributed by atoms with E-state index in [1.807, 2.05) is 25.2 Å². The van der Waals surface area contributed by atoms with E-state index < -0.39 is 0 Å². The molecule has 0 unspecified atom stereocenters. The van der Waals surface area contributed by atoms with Gasteiger partial charge in [-0.1, -0.05) is 45.7 Å². The van der Waals surface area contributed by atoms with Crippen molar-refractivity contribution < 1.29 is 0 Å². The lowest BCUT2D eigenvalue weighted by Gasteiger charge is -2.18. The van der Waals surface area contributed by atoms with Crippen LogP contribution >= 0.6 is 27.5 Å². The maximum Gasteiger partial charge on any atom is 0.123 e. The number of pyridine rings is 1. The molecule has 0 bridgehead atoms. The highest BCUT2D eigenvalue weighted by Crippen LogP contribution is 2.20. The minimum Gasteiger partial charge on any atom is -0.384 e. The Morgan fingerprint density at radius 2 is 1.95 bits per heavy atom. The van der Waals surface area contributed by atoms with Gasteiger partial charge in [-0.3, -0.25) is 4.90 Å². The van der Waals surface area contributed by atoms with Gasteiger partial charge in [0.25, 0.3) is 0 Å². The van der Waals surface area contributed by atoms with Crippen LogP contribution in [-0.4, -0.2) is 16.9 Å². The van der Waals surface area contributed by atoms with Crippen molar-refractivity contribution in [2.45, 2.75) is 13.1 Å². The Hall–Kier alpha value is -1.10. The Kier molecular flexibility index (Phi) is 4.80. The van der Waals surface area contributed by atoms with Gasteiger partial charge in [-0.15, -0.1) is 0 Å². The van der Waals surface area contributed by atoms with Crippen molar-refractivity contribution in [1.82, 2.24) is 9.88 Å². The van der Waals surface area contributed by atoms with E-state index in [0.29, 0.717) is 17.4 Å². The first-order chi connectivity index (χ1) is 9.06. The molecule has 0 fully saturated rings. The van der Waals surface area contributed by atoms with Gasteiger partial charge in [-0.05, 0) is 30.8 Å². The molecule has 0 atom stereocenters. The van der Waals surface area contributed by atoms with E-state index in [1.54, 1.807) is 12.1 Å². The molecule has 0 saturated carbocycles. The Balaban J connectivity index is 2.07. The fourth-order valence-corrected chi connectivity index (χ4v) is 2.42. The summed E-state index contributed by atoms with van der Waals surface area (Å²) < 4.78 is 1.11. The van der Waals surface area contributed by atoms with Gasteiger partial charge >= 0.3 is 0 Å². The number of nitrogens with two attached hydrogens (primary N) is 1. The quantitative estimate of drug-likeness (QED) is 0.922. The normalized spacial score (nSPS) is 10.9. The van der Waals surface area contributed by atoms with Gasteiger partial charge in [0.05, 0.1) is 10.7 Å². The van der Waals surface area contributed by atoms with Crippen LogP contribution in [0.4, 0.5) is 5.82 Å². The molecule has 5 heteroatoms. The molecule has 0 radical (unpaired) electrons. The smallest absolute Gasteiger partial charge is 0.123 e. The van der Waals surface area contributed by atoms with Crippen molar-refractivity contribution >= 4 is 33.3 Å². The van der Waals surface area contributed by atoms with Gasteiger partial charge < -0.3 is 5.73 Å². The van der Waals surface area contributed by atoms with Crippen LogP contribution in [0.3, 0.4) is 0 Å². The van der Waals surface area contributed by atoms with Crippen molar-refractivity contribution in [2.75, 3.05) is 12.8 Å². The van der Waals surface area contributed by atoms with Crippen molar-refractivity contribution in [3.8, 4) is 0 Å². The third kappa shape index (κ3) is 3.93. The Labute approximate surface area is 126 Å². The Morgan fingerprint density at radius 3 is 2.68 bits per heavy atom. The second-order valence-corrected chi connectivity index (χ2v) is 5.69. The van der Waals surface area contributed by atoms with Crippen molar-refractivity contribution in [3.05, 3.63) is 57.2 Å². The van der Waals surface area contributed by atoms with E-state index in [2.05, 4.69) is 31.9 Å². The molecule has 2 N–H and O–H groups in total. The molecule has 0 aliphatic heterocycles. The monoisotopic (exact) mass is 339 g/mol. The fraction of sp³-hybridized carbons (Fsp3) is 0.214. The molecule has 2 aromatic rings. The number of hydrogen-bond donors (Lipinski definition) is 1. The van der Waals surface area contributed by atoms with Crippen LogP contribution in [0.15, 0.2) is 40.9 Å². The van der Waals surface area contributed by atoms with Gasteiger partial charge in [0.15, 0.2) is 0 Å². The van der Waals surface area contributed by atoms with E-state index in [4.69, 9.17) is 17.3 Å². The number of rotatable bonds is 4. The zero-order valence-electron chi connectivity index (χ0n) is 10.6. The third-order valence-corrected chi connectivity index (χ3v) is 3.88. The molecule has 1 aromatic carbocycles. The zero-order valence-corrected chi connectivity index (χ0v) is 12.9. The van der Waals surface area contributed by atoms with E-state index in [0.717, 1.165) is 16.7 Å². The van der Waals surface area contributed by atoms with Gasteiger partial charge in [0.1, 0.15) is 5.82 Å². The lowest BCUT2D eigenvalue weighted by Crippen LogP contribution is -2.18. The molecule has 1 heterocycles. The summed E-state index contributed by atoms with van der Waals surface area (Å²) in [6, 6.07) is 11.7. The average molecular weight is 341 g/mol. The molecule has 100 valence electrons. The largest absolute Gasteiger partial charge is 0.384 e. The third-order valence-electron chi connectivity index (χ3n) is 2.76. The summed E-state index contributed by atoms with van der Waals surface area (Å²) in [5, 5.41) is 0.646. The molecule has 0 aliphatic carbocycles. The van der Waals surface area contributed by atoms with Crippen molar-refractivity contribution in [3.63, 3.8) is 0 Å². The topological polar surface area (TPSA) is 42.2 Å². The second kappa shape index (κ2) is 6.37. The van der Waals surface area contributed by atoms with Crippen LogP contribution in [0.25, 0.3) is 0 Å². The highest BCUT2D eigenvalue weighted by molar-refractivity contribution is 9.10. The van der Waals surface area contributed by atoms with E-state index in [1.165, 1.54) is 5.56 Å². The predicted molar refractivity (Wildman–Crippen MR) is 83.0 cm³/mol. The summed E-state index contributed by atoms with van der Waals surface area (Å²) >= 11 is 9.67. The second-order valence-electron chi connectivity index (χ2n) is 4.43. The van der Waals surface area contributed by atoms with E-state index in [9.17, 15) is 0 Å². The lowest BCUT2D eigenvalue weighted by atomic mass is 10.2. The molecule has 3 nitrogen and oxygen atoms in total.